The number of hydrogen-bond acceptors (Lipinski definition) is 2. The molecule has 0 saturated carbocycles. The maximum absolute atomic E-state index is 7.10. The molecule has 0 radical (unpaired) electrons. The van der Waals surface area contributed by atoms with Crippen molar-refractivity contribution >= 4 is 27.8 Å². The number of ether oxygens (including phenoxy) is 1. The molecular weight excluding hydrogens is 655 g/mol. The highest BCUT2D eigenvalue weighted by atomic mass is 16.5. The lowest BCUT2D eigenvalue weighted by atomic mass is 9.90. The summed E-state index contributed by atoms with van der Waals surface area (Å²) < 4.78 is 7.10. The topological polar surface area (TPSA) is 12.5 Å². The van der Waals surface area contributed by atoms with E-state index < -0.39 is 0 Å². The predicted molar refractivity (Wildman–Crippen MR) is 226 cm³/mol. The van der Waals surface area contributed by atoms with Gasteiger partial charge in [0.05, 0.1) is 5.69 Å². The number of anilines is 3. The van der Waals surface area contributed by atoms with Crippen molar-refractivity contribution in [3.05, 3.63) is 212 Å². The molecule has 0 saturated heterocycles. The molecule has 254 valence electrons. The summed E-state index contributed by atoms with van der Waals surface area (Å²) in [5.41, 5.74) is 14.6. The maximum atomic E-state index is 7.10. The Labute approximate surface area is 315 Å². The quantitative estimate of drug-likeness (QED) is 0.172. The normalized spacial score (nSPS) is 11.5. The molecule has 0 atom stereocenters. The van der Waals surface area contributed by atoms with E-state index in [0.717, 1.165) is 73.1 Å². The zero-order valence-electron chi connectivity index (χ0n) is 29.6. The molecule has 0 N–H and O–H groups in total. The van der Waals surface area contributed by atoms with E-state index in [4.69, 9.17) is 4.74 Å². The van der Waals surface area contributed by atoms with E-state index in [1.165, 1.54) is 21.9 Å². The summed E-state index contributed by atoms with van der Waals surface area (Å²) in [6.45, 7) is 0. The van der Waals surface area contributed by atoms with Crippen LogP contribution in [0.25, 0.3) is 66.4 Å². The van der Waals surface area contributed by atoms with Crippen molar-refractivity contribution in [2.24, 2.45) is 0 Å². The highest BCUT2D eigenvalue weighted by Crippen LogP contribution is 2.51. The summed E-state index contributed by atoms with van der Waals surface area (Å²) in [7, 11) is 0. The third kappa shape index (κ3) is 5.71. The summed E-state index contributed by atoms with van der Waals surface area (Å²) >= 11 is 0. The zero-order chi connectivity index (χ0) is 35.8. The van der Waals surface area contributed by atoms with Gasteiger partial charge in [0, 0.05) is 34.1 Å². The molecule has 2 heteroatoms. The summed E-state index contributed by atoms with van der Waals surface area (Å²) in [6.07, 6.45) is 0. The molecule has 0 spiro atoms. The Morgan fingerprint density at radius 1 is 0.278 bits per heavy atom. The number of hydrogen-bond donors (Lipinski definition) is 0. The molecule has 0 amide bonds. The first kappa shape index (κ1) is 31.6. The lowest BCUT2D eigenvalue weighted by Crippen LogP contribution is -2.11. The van der Waals surface area contributed by atoms with Crippen LogP contribution in [0.2, 0.25) is 0 Å². The van der Waals surface area contributed by atoms with Crippen molar-refractivity contribution < 1.29 is 4.74 Å². The highest BCUT2D eigenvalue weighted by Gasteiger charge is 2.25. The second-order valence-electron chi connectivity index (χ2n) is 13.7. The summed E-state index contributed by atoms with van der Waals surface area (Å²) in [4.78, 5) is 2.36. The predicted octanol–water partition coefficient (Wildman–Crippen LogP) is 14.8. The second kappa shape index (κ2) is 13.4. The van der Waals surface area contributed by atoms with Crippen LogP contribution in [0.5, 0.6) is 11.5 Å². The molecule has 10 rings (SSSR count). The van der Waals surface area contributed by atoms with Crippen LogP contribution >= 0.6 is 0 Å². The van der Waals surface area contributed by atoms with E-state index in [9.17, 15) is 0 Å². The lowest BCUT2D eigenvalue weighted by Gasteiger charge is -2.29. The average Bonchev–Trinajstić information content (AvgIpc) is 3.37. The van der Waals surface area contributed by atoms with Gasteiger partial charge >= 0.3 is 0 Å². The molecule has 9 aromatic carbocycles. The first-order valence-corrected chi connectivity index (χ1v) is 18.4. The van der Waals surface area contributed by atoms with Gasteiger partial charge in [0.2, 0.25) is 0 Å². The van der Waals surface area contributed by atoms with Gasteiger partial charge in [0.15, 0.2) is 0 Å². The van der Waals surface area contributed by atoms with Crippen molar-refractivity contribution in [3.8, 4) is 67.1 Å². The molecule has 0 unspecified atom stereocenters. The van der Waals surface area contributed by atoms with Crippen LogP contribution in [0, 0.1) is 0 Å². The maximum Gasteiger partial charge on any atom is 0.137 e. The molecule has 9 aromatic rings. The minimum atomic E-state index is 0.816. The van der Waals surface area contributed by atoms with Gasteiger partial charge in [-0.2, -0.15) is 0 Å². The number of fused-ring (bicyclic) bond motifs is 6. The number of rotatable bonds is 6. The van der Waals surface area contributed by atoms with E-state index >= 15 is 0 Å². The standard InChI is InChI=1S/C52H35NO/c1-4-14-36(15-5-1)38-24-27-43(28-25-38)53(50-23-13-12-22-45(50)39-18-8-3-9-19-39)44-29-31-47-49-33-41-21-11-10-20-40(41)32-48(49)46-30-26-42(37-16-6-2-7-17-37)34-51(46)54-52(47)35-44/h1-35H. The van der Waals surface area contributed by atoms with Crippen LogP contribution in [0.4, 0.5) is 17.1 Å². The van der Waals surface area contributed by atoms with Crippen LogP contribution < -0.4 is 9.64 Å². The van der Waals surface area contributed by atoms with Gasteiger partial charge in [-0.15, -0.1) is 0 Å². The first-order chi connectivity index (χ1) is 26.8. The SMILES string of the molecule is c1ccc(-c2ccc(N(c3ccc4c(c3)Oc3cc(-c5ccccc5)ccc3-c3cc5ccccc5cc3-4)c3ccccc3-c3ccccc3)cc2)cc1. The Morgan fingerprint density at radius 2 is 0.741 bits per heavy atom. The molecule has 0 bridgehead atoms. The van der Waals surface area contributed by atoms with Crippen LogP contribution in [0.1, 0.15) is 0 Å². The molecule has 2 nitrogen and oxygen atoms in total. The molecule has 0 fully saturated rings. The van der Waals surface area contributed by atoms with Gasteiger partial charge in [-0.1, -0.05) is 152 Å². The summed E-state index contributed by atoms with van der Waals surface area (Å²) in [6, 6.07) is 75.7. The fraction of sp³-hybridized carbons (Fsp3) is 0. The minimum absolute atomic E-state index is 0.816. The third-order valence-corrected chi connectivity index (χ3v) is 10.5. The zero-order valence-corrected chi connectivity index (χ0v) is 29.6. The van der Waals surface area contributed by atoms with E-state index in [-0.39, 0.29) is 0 Å². The summed E-state index contributed by atoms with van der Waals surface area (Å²) in [5, 5.41) is 2.41. The fourth-order valence-electron chi connectivity index (χ4n) is 7.79. The molecule has 1 heterocycles. The minimum Gasteiger partial charge on any atom is -0.456 e. The van der Waals surface area contributed by atoms with Crippen LogP contribution in [-0.4, -0.2) is 0 Å². The van der Waals surface area contributed by atoms with Crippen LogP contribution in [-0.2, 0) is 0 Å². The molecular formula is C52H35NO. The van der Waals surface area contributed by atoms with E-state index in [0.29, 0.717) is 0 Å². The van der Waals surface area contributed by atoms with Gasteiger partial charge < -0.3 is 9.64 Å². The molecule has 54 heavy (non-hydrogen) atoms. The van der Waals surface area contributed by atoms with Crippen molar-refractivity contribution in [3.63, 3.8) is 0 Å². The van der Waals surface area contributed by atoms with Gasteiger partial charge in [-0.3, -0.25) is 0 Å². The largest absolute Gasteiger partial charge is 0.456 e. The lowest BCUT2D eigenvalue weighted by molar-refractivity contribution is 0.488. The molecule has 1 aliphatic rings. The Balaban J connectivity index is 1.18. The van der Waals surface area contributed by atoms with Gasteiger partial charge in [-0.25, -0.2) is 0 Å². The number of para-hydroxylation sites is 1. The van der Waals surface area contributed by atoms with Crippen molar-refractivity contribution in [2.45, 2.75) is 0 Å². The van der Waals surface area contributed by atoms with E-state index in [1.807, 2.05) is 0 Å². The first-order valence-electron chi connectivity index (χ1n) is 18.4. The van der Waals surface area contributed by atoms with Crippen LogP contribution in [0.3, 0.4) is 0 Å². The Bertz CT molecular complexity index is 2770. The monoisotopic (exact) mass is 689 g/mol. The number of nitrogens with zero attached hydrogens (tertiary/aromatic N) is 1. The smallest absolute Gasteiger partial charge is 0.137 e. The molecule has 0 aromatic heterocycles. The van der Waals surface area contributed by atoms with E-state index in [2.05, 4.69) is 217 Å². The van der Waals surface area contributed by atoms with Crippen molar-refractivity contribution in [2.75, 3.05) is 4.90 Å². The summed E-state index contributed by atoms with van der Waals surface area (Å²) in [5.74, 6) is 1.66. The number of benzene rings is 9. The average molecular weight is 690 g/mol. The second-order valence-corrected chi connectivity index (χ2v) is 13.7. The van der Waals surface area contributed by atoms with Crippen molar-refractivity contribution in [1.82, 2.24) is 0 Å². The third-order valence-electron chi connectivity index (χ3n) is 10.5. The fourth-order valence-corrected chi connectivity index (χ4v) is 7.79. The Morgan fingerprint density at radius 3 is 1.39 bits per heavy atom. The molecule has 1 aliphatic heterocycles. The Hall–Kier alpha value is -7.16. The van der Waals surface area contributed by atoms with Gasteiger partial charge in [0.25, 0.3) is 0 Å². The van der Waals surface area contributed by atoms with E-state index in [1.54, 1.807) is 0 Å². The van der Waals surface area contributed by atoms with Crippen LogP contribution in [0.15, 0.2) is 212 Å². The Kier molecular flexibility index (Phi) is 7.85. The van der Waals surface area contributed by atoms with Gasteiger partial charge in [-0.05, 0) is 104 Å². The van der Waals surface area contributed by atoms with Crippen molar-refractivity contribution in [1.29, 1.82) is 0 Å². The highest BCUT2D eigenvalue weighted by molar-refractivity contribution is 6.01. The van der Waals surface area contributed by atoms with Gasteiger partial charge in [0.1, 0.15) is 11.5 Å². The molecule has 0 aliphatic carbocycles.